The van der Waals surface area contributed by atoms with Crippen LogP contribution in [0, 0.1) is 0 Å². The van der Waals surface area contributed by atoms with E-state index in [4.69, 9.17) is 28.9 Å². The summed E-state index contributed by atoms with van der Waals surface area (Å²) in [4.78, 5) is 8.34. The molecule has 1 aromatic heterocycles. The molecule has 27 heavy (non-hydrogen) atoms. The second-order valence-corrected chi connectivity index (χ2v) is 22.7. The van der Waals surface area contributed by atoms with Crippen LogP contribution in [0.2, 0.25) is 0 Å². The molecule has 2 rings (SSSR count). The van der Waals surface area contributed by atoms with Gasteiger partial charge in [-0.25, -0.2) is 4.09 Å². The average molecular weight is 525 g/mol. The van der Waals surface area contributed by atoms with Gasteiger partial charge in [0.15, 0.2) is 17.0 Å². The van der Waals surface area contributed by atoms with Gasteiger partial charge in [-0.1, -0.05) is 74.4 Å². The average Bonchev–Trinajstić information content (AvgIpc) is 2.96. The zero-order valence-corrected chi connectivity index (χ0v) is 24.1. The van der Waals surface area contributed by atoms with E-state index in [1.54, 1.807) is 0 Å². The van der Waals surface area contributed by atoms with Gasteiger partial charge in [-0.3, -0.25) is 0 Å². The molecule has 0 saturated heterocycles. The molecule has 150 valence electrons. The van der Waals surface area contributed by atoms with Gasteiger partial charge in [0, 0.05) is 0 Å². The monoisotopic (exact) mass is 523 g/mol. The third-order valence-electron chi connectivity index (χ3n) is 4.08. The third kappa shape index (κ3) is 7.81. The topological polar surface area (TPSA) is 30.7 Å². The number of hydrogen-bond acceptors (Lipinski definition) is 2. The quantitative estimate of drug-likeness (QED) is 0.353. The first-order chi connectivity index (χ1) is 12.0. The molecule has 0 N–H and O–H groups in total. The fraction of sp³-hybridized carbons (Fsp3) is 0.667. The summed E-state index contributed by atoms with van der Waals surface area (Å²) in [5.74, 6) is 0. The Hall–Kier alpha value is 0.726. The van der Waals surface area contributed by atoms with Crippen molar-refractivity contribution in [3.05, 3.63) is 28.8 Å². The predicted molar refractivity (Wildman–Crippen MR) is 126 cm³/mol. The summed E-state index contributed by atoms with van der Waals surface area (Å²) < 4.78 is 2.26. The van der Waals surface area contributed by atoms with Gasteiger partial charge in [0.1, 0.15) is 0 Å². The molecule has 0 saturated carbocycles. The Morgan fingerprint density at radius 3 is 1.33 bits per heavy atom. The number of aromatic nitrogens is 3. The molecule has 0 fully saturated rings. The molecule has 1 aromatic carbocycles. The van der Waals surface area contributed by atoms with Crippen LogP contribution in [0.3, 0.4) is 0 Å². The van der Waals surface area contributed by atoms with E-state index < -0.39 is 13.2 Å². The summed E-state index contributed by atoms with van der Waals surface area (Å²) in [7, 11) is 16.8. The number of hydrogen-bond donors (Lipinski definition) is 0. The number of halogens is 3. The van der Waals surface area contributed by atoms with Gasteiger partial charge in [0.25, 0.3) is 0 Å². The van der Waals surface area contributed by atoms with E-state index in [0.29, 0.717) is 0 Å². The summed E-state index contributed by atoms with van der Waals surface area (Å²) in [5.41, 5.74) is 5.77. The first-order valence-electron chi connectivity index (χ1n) is 8.78. The molecular weight excluding hydrogens is 496 g/mol. The van der Waals surface area contributed by atoms with Crippen LogP contribution in [0.4, 0.5) is 0 Å². The Morgan fingerprint density at radius 1 is 0.741 bits per heavy atom. The maximum atomic E-state index is 4.99. The van der Waals surface area contributed by atoms with Crippen LogP contribution < -0.4 is 0 Å². The number of benzene rings is 1. The van der Waals surface area contributed by atoms with Gasteiger partial charge in [0.2, 0.25) is 0 Å². The van der Waals surface area contributed by atoms with Crippen molar-refractivity contribution < 1.29 is 0 Å². The van der Waals surface area contributed by atoms with E-state index in [-0.39, 0.29) is 16.2 Å². The van der Waals surface area contributed by atoms with Crippen LogP contribution >= 0.6 is 45.9 Å². The van der Waals surface area contributed by atoms with Gasteiger partial charge < -0.3 is 0 Å². The minimum atomic E-state index is -2.06. The Kier molecular flexibility index (Phi) is 9.25. The second-order valence-electron chi connectivity index (χ2n) is 9.56. The molecule has 0 amide bonds. The number of nitrogens with zero attached hydrogens (tertiary/aromatic N) is 3. The summed E-state index contributed by atoms with van der Waals surface area (Å²) in [6.45, 7) is 20.6. The van der Waals surface area contributed by atoms with Crippen molar-refractivity contribution in [3.8, 4) is 5.69 Å². The molecule has 2 aromatic rings. The second kappa shape index (κ2) is 9.69. The molecule has 3 nitrogen and oxygen atoms in total. The standard InChI is InChI=1S/C18H29N3P2.3ClH.Ga/c1-16(2,3)12-10-13(17(4,5)6)15(21-22-19-20-23-21)14(11-12)18(7,8)9;;;;/h10-11H,1-9H3;3*1H;/q;;;;+3/p-3. The Morgan fingerprint density at radius 2 is 1.07 bits per heavy atom. The molecule has 0 aliphatic rings. The summed E-state index contributed by atoms with van der Waals surface area (Å²) in [6, 6.07) is 4.79. The van der Waals surface area contributed by atoms with Gasteiger partial charge in [-0.15, -0.1) is 9.72 Å². The van der Waals surface area contributed by atoms with E-state index in [1.165, 1.54) is 22.4 Å². The fourth-order valence-electron chi connectivity index (χ4n) is 2.65. The number of rotatable bonds is 1. The van der Waals surface area contributed by atoms with Crippen molar-refractivity contribution in [2.75, 3.05) is 0 Å². The van der Waals surface area contributed by atoms with Crippen molar-refractivity contribution >= 4 is 59.1 Å². The van der Waals surface area contributed by atoms with E-state index in [0.717, 1.165) is 17.0 Å². The molecule has 1 heterocycles. The molecular formula is C18H29Cl3GaN3P2. The first-order valence-corrected chi connectivity index (χ1v) is 19.9. The van der Waals surface area contributed by atoms with Crippen LogP contribution in [0.1, 0.15) is 79.0 Å². The third-order valence-corrected chi connectivity index (χ3v) is 5.78. The summed E-state index contributed by atoms with van der Waals surface area (Å²) >= 11 is -2.06. The Labute approximate surface area is 185 Å². The Balaban J connectivity index is 0.000000828. The SMILES string of the molecule is CC(C)(C)c1cc(C(C)(C)C)c(-n2pnnp2)c(C(C)(C)C)c1.[Cl][Ga]([Cl])[Cl]. The van der Waals surface area contributed by atoms with Crippen LogP contribution in [-0.2, 0) is 16.2 Å². The van der Waals surface area contributed by atoms with E-state index in [9.17, 15) is 0 Å². The minimum absolute atomic E-state index is 0.0736. The van der Waals surface area contributed by atoms with E-state index in [1.807, 2.05) is 0 Å². The van der Waals surface area contributed by atoms with Gasteiger partial charge in [-0.2, -0.15) is 0 Å². The van der Waals surface area contributed by atoms with Crippen molar-refractivity contribution in [1.82, 2.24) is 13.8 Å². The summed E-state index contributed by atoms with van der Waals surface area (Å²) in [5, 5.41) is 0. The van der Waals surface area contributed by atoms with Crippen LogP contribution in [0.15, 0.2) is 12.1 Å². The van der Waals surface area contributed by atoms with Crippen molar-refractivity contribution in [1.29, 1.82) is 0 Å². The predicted octanol–water partition coefficient (Wildman–Crippen LogP) is 8.01. The normalized spacial score (nSPS) is 13.0. The molecule has 0 aliphatic carbocycles. The maximum absolute atomic E-state index is 4.99. The molecule has 0 aliphatic heterocycles. The Bertz CT molecular complexity index is 709. The van der Waals surface area contributed by atoms with Crippen molar-refractivity contribution in [3.63, 3.8) is 0 Å². The van der Waals surface area contributed by atoms with Crippen molar-refractivity contribution in [2.24, 2.45) is 0 Å². The molecule has 0 spiro atoms. The molecule has 9 heteroatoms. The molecule has 0 bridgehead atoms. The van der Waals surface area contributed by atoms with Gasteiger partial charge in [0.05, 0.1) is 5.69 Å². The van der Waals surface area contributed by atoms with Gasteiger partial charge >= 0.3 is 42.1 Å². The van der Waals surface area contributed by atoms with Crippen molar-refractivity contribution in [2.45, 2.75) is 78.6 Å². The van der Waals surface area contributed by atoms with Crippen LogP contribution in [0.5, 0.6) is 0 Å². The first kappa shape index (κ1) is 25.8. The van der Waals surface area contributed by atoms with E-state index >= 15 is 0 Å². The van der Waals surface area contributed by atoms with Crippen LogP contribution in [0.25, 0.3) is 5.69 Å². The van der Waals surface area contributed by atoms with Crippen LogP contribution in [-0.4, -0.2) is 27.0 Å². The molecule has 0 unspecified atom stereocenters. The van der Waals surface area contributed by atoms with Gasteiger partial charge in [-0.05, 0) is 32.9 Å². The molecule has 0 radical (unpaired) electrons. The fourth-order valence-corrected chi connectivity index (χ4v) is 4.05. The van der Waals surface area contributed by atoms with E-state index in [2.05, 4.69) is 88.3 Å². The molecule has 0 atom stereocenters. The summed E-state index contributed by atoms with van der Waals surface area (Å²) in [6.07, 6.45) is 0. The zero-order valence-electron chi connectivity index (χ0n) is 17.6. The zero-order chi connectivity index (χ0) is 21.2.